The predicted octanol–water partition coefficient (Wildman–Crippen LogP) is 4.21. The lowest BCUT2D eigenvalue weighted by atomic mass is 9.76. The topological polar surface area (TPSA) is 107 Å². The highest BCUT2D eigenvalue weighted by Gasteiger charge is 2.76. The number of hydrogen-bond acceptors (Lipinski definition) is 8. The molecule has 0 bridgehead atoms. The molecule has 3 aromatic rings. The number of nitrogens with zero attached hydrogens (tertiary/aromatic N) is 1. The van der Waals surface area contributed by atoms with Crippen LogP contribution < -0.4 is 4.90 Å². The Hall–Kier alpha value is -4.30. The molecule has 8 nitrogen and oxygen atoms in total. The molecular weight excluding hydrogens is 510 g/mol. The minimum Gasteiger partial charge on any atom is -0.462 e. The van der Waals surface area contributed by atoms with E-state index in [4.69, 9.17) is 21.1 Å². The number of halogens is 1. The quantitative estimate of drug-likeness (QED) is 0.365. The number of anilines is 1. The molecule has 9 heteroatoms. The minimum absolute atomic E-state index is 0.174. The molecule has 2 fully saturated rings. The summed E-state index contributed by atoms with van der Waals surface area (Å²) in [5.74, 6) is -5.90. The van der Waals surface area contributed by atoms with Crippen molar-refractivity contribution in [3.8, 4) is 0 Å². The van der Waals surface area contributed by atoms with Crippen molar-refractivity contribution in [2.24, 2.45) is 11.8 Å². The molecule has 3 aliphatic rings. The molecule has 1 aliphatic carbocycles. The third-order valence-corrected chi connectivity index (χ3v) is 7.76. The van der Waals surface area contributed by atoms with Gasteiger partial charge in [-0.25, -0.2) is 4.79 Å². The third kappa shape index (κ3) is 3.13. The molecule has 2 saturated heterocycles. The van der Waals surface area contributed by atoms with E-state index in [0.29, 0.717) is 16.3 Å². The van der Waals surface area contributed by atoms with Crippen LogP contribution in [0.1, 0.15) is 49.6 Å². The van der Waals surface area contributed by atoms with Gasteiger partial charge in [-0.05, 0) is 48.9 Å². The van der Waals surface area contributed by atoms with E-state index in [2.05, 4.69) is 0 Å². The summed E-state index contributed by atoms with van der Waals surface area (Å²) in [6, 6.07) is 18.3. The van der Waals surface area contributed by atoms with Crippen LogP contribution in [0.2, 0.25) is 5.02 Å². The van der Waals surface area contributed by atoms with E-state index in [-0.39, 0.29) is 23.3 Å². The van der Waals surface area contributed by atoms with Crippen molar-refractivity contribution in [2.75, 3.05) is 11.5 Å². The van der Waals surface area contributed by atoms with Gasteiger partial charge in [0, 0.05) is 21.8 Å². The first-order valence-electron chi connectivity index (χ1n) is 12.1. The zero-order valence-electron chi connectivity index (χ0n) is 20.1. The second-order valence-electron chi connectivity index (χ2n) is 9.35. The summed E-state index contributed by atoms with van der Waals surface area (Å²) in [6.07, 6.45) is 0. The fourth-order valence-electron chi connectivity index (χ4n) is 6.03. The van der Waals surface area contributed by atoms with Crippen LogP contribution in [0.4, 0.5) is 5.69 Å². The van der Waals surface area contributed by atoms with Crippen LogP contribution in [0.3, 0.4) is 0 Å². The average molecular weight is 530 g/mol. The second-order valence-corrected chi connectivity index (χ2v) is 9.78. The lowest BCUT2D eigenvalue weighted by molar-refractivity contribution is -0.154. The lowest BCUT2D eigenvalue weighted by Gasteiger charge is -2.39. The fraction of sp³-hybridized carbons (Fsp3) is 0.207. The number of rotatable bonds is 4. The largest absolute Gasteiger partial charge is 0.462 e. The maximum Gasteiger partial charge on any atom is 0.338 e. The molecule has 2 heterocycles. The first-order chi connectivity index (χ1) is 18.3. The summed E-state index contributed by atoms with van der Waals surface area (Å²) < 4.78 is 10.1. The molecule has 6 rings (SSSR count). The number of esters is 3. The van der Waals surface area contributed by atoms with Gasteiger partial charge in [0.15, 0.2) is 17.1 Å². The summed E-state index contributed by atoms with van der Waals surface area (Å²) in [5.41, 5.74) is -0.481. The van der Waals surface area contributed by atoms with E-state index >= 15 is 0 Å². The molecule has 0 saturated carbocycles. The van der Waals surface area contributed by atoms with Crippen LogP contribution in [-0.4, -0.2) is 41.6 Å². The standard InChI is InChI=1S/C29H20ClNO7/c1-2-37-26(34)16-9-13-18(14-10-16)31-23(15-7-11-17(30)12-8-15)21-22(28(36)38-27(21)35)29(31)24(32)19-5-3-4-6-20(19)25(29)33/h3-14,21-23H,2H2,1H3/t21-,22-,23+/m0/s1. The van der Waals surface area contributed by atoms with Gasteiger partial charge in [0.1, 0.15) is 5.92 Å². The normalized spacial score (nSPS) is 23.0. The van der Waals surface area contributed by atoms with Crippen LogP contribution in [0.15, 0.2) is 72.8 Å². The molecule has 0 amide bonds. The van der Waals surface area contributed by atoms with Crippen molar-refractivity contribution < 1.29 is 33.4 Å². The van der Waals surface area contributed by atoms with Gasteiger partial charge in [0.25, 0.3) is 0 Å². The fourth-order valence-corrected chi connectivity index (χ4v) is 6.16. The zero-order chi connectivity index (χ0) is 26.8. The van der Waals surface area contributed by atoms with Crippen molar-refractivity contribution in [1.82, 2.24) is 0 Å². The Morgan fingerprint density at radius 1 is 0.895 bits per heavy atom. The van der Waals surface area contributed by atoms with Gasteiger partial charge >= 0.3 is 17.9 Å². The number of Topliss-reactive ketones (excluding diaryl/α,β-unsaturated/α-hetero) is 2. The van der Waals surface area contributed by atoms with Gasteiger partial charge in [-0.3, -0.25) is 19.2 Å². The van der Waals surface area contributed by atoms with E-state index in [1.54, 1.807) is 72.5 Å². The van der Waals surface area contributed by atoms with E-state index in [9.17, 15) is 24.0 Å². The summed E-state index contributed by atoms with van der Waals surface area (Å²) >= 11 is 6.12. The number of carbonyl (C=O) groups excluding carboxylic acids is 5. The highest BCUT2D eigenvalue weighted by atomic mass is 35.5. The van der Waals surface area contributed by atoms with Crippen molar-refractivity contribution in [3.05, 3.63) is 100 Å². The summed E-state index contributed by atoms with van der Waals surface area (Å²) in [6.45, 7) is 1.89. The molecule has 3 aromatic carbocycles. The van der Waals surface area contributed by atoms with Gasteiger partial charge in [0.2, 0.25) is 0 Å². The van der Waals surface area contributed by atoms with Gasteiger partial charge in [0.05, 0.1) is 24.1 Å². The number of cyclic esters (lactones) is 2. The highest BCUT2D eigenvalue weighted by molar-refractivity contribution is 6.37. The van der Waals surface area contributed by atoms with Crippen molar-refractivity contribution in [1.29, 1.82) is 0 Å². The minimum atomic E-state index is -2.05. The SMILES string of the molecule is CCOC(=O)c1ccc(N2[C@H](c3ccc(Cl)cc3)[C@H]3C(=O)OC(=O)[C@H]3C23C(=O)c2ccccc2C3=O)cc1. The maximum atomic E-state index is 14.2. The molecule has 38 heavy (non-hydrogen) atoms. The summed E-state index contributed by atoms with van der Waals surface area (Å²) in [7, 11) is 0. The molecule has 190 valence electrons. The number of ketones is 2. The summed E-state index contributed by atoms with van der Waals surface area (Å²) in [4.78, 5) is 68.7. The Morgan fingerprint density at radius 3 is 2.08 bits per heavy atom. The van der Waals surface area contributed by atoms with Gasteiger partial charge in [-0.2, -0.15) is 0 Å². The molecular formula is C29H20ClNO7. The van der Waals surface area contributed by atoms with Gasteiger partial charge in [-0.1, -0.05) is 48.0 Å². The number of fused-ring (bicyclic) bond motifs is 3. The van der Waals surface area contributed by atoms with Crippen LogP contribution in [0.5, 0.6) is 0 Å². The summed E-state index contributed by atoms with van der Waals surface area (Å²) in [5, 5.41) is 0.453. The molecule has 2 aliphatic heterocycles. The van der Waals surface area contributed by atoms with Crippen molar-refractivity contribution >= 4 is 46.8 Å². The first-order valence-corrected chi connectivity index (χ1v) is 12.4. The first kappa shape index (κ1) is 24.1. The van der Waals surface area contributed by atoms with Crippen LogP contribution in [0.25, 0.3) is 0 Å². The number of carbonyl (C=O) groups is 5. The third-order valence-electron chi connectivity index (χ3n) is 7.51. The lowest BCUT2D eigenvalue weighted by Crippen LogP contribution is -2.59. The second kappa shape index (κ2) is 8.63. The van der Waals surface area contributed by atoms with E-state index in [1.807, 2.05) is 0 Å². The molecule has 0 aromatic heterocycles. The van der Waals surface area contributed by atoms with Crippen molar-refractivity contribution in [2.45, 2.75) is 18.5 Å². The van der Waals surface area contributed by atoms with Crippen LogP contribution in [0, 0.1) is 11.8 Å². The Labute approximate surface area is 222 Å². The Bertz CT molecular complexity index is 1490. The zero-order valence-corrected chi connectivity index (χ0v) is 20.8. The van der Waals surface area contributed by atoms with Crippen LogP contribution in [-0.2, 0) is 19.1 Å². The van der Waals surface area contributed by atoms with Crippen molar-refractivity contribution in [3.63, 3.8) is 0 Å². The highest BCUT2D eigenvalue weighted by Crippen LogP contribution is 2.59. The Kier molecular flexibility index (Phi) is 5.47. The molecule has 1 spiro atoms. The van der Waals surface area contributed by atoms with E-state index in [0.717, 1.165) is 0 Å². The van der Waals surface area contributed by atoms with Gasteiger partial charge < -0.3 is 14.4 Å². The number of ether oxygens (including phenoxy) is 2. The Morgan fingerprint density at radius 2 is 1.50 bits per heavy atom. The number of benzene rings is 3. The maximum absolute atomic E-state index is 14.2. The molecule has 3 atom stereocenters. The molecule has 0 unspecified atom stereocenters. The molecule has 0 N–H and O–H groups in total. The van der Waals surface area contributed by atoms with Crippen LogP contribution >= 0.6 is 11.6 Å². The monoisotopic (exact) mass is 529 g/mol. The predicted molar refractivity (Wildman–Crippen MR) is 135 cm³/mol. The smallest absolute Gasteiger partial charge is 0.338 e. The van der Waals surface area contributed by atoms with E-state index < -0.39 is 52.9 Å². The van der Waals surface area contributed by atoms with E-state index in [1.165, 1.54) is 12.1 Å². The Balaban J connectivity index is 1.61. The number of hydrogen-bond donors (Lipinski definition) is 0. The van der Waals surface area contributed by atoms with Gasteiger partial charge in [-0.15, -0.1) is 0 Å². The molecule has 0 radical (unpaired) electrons. The average Bonchev–Trinajstić information content (AvgIpc) is 3.48.